The number of aryl methyl sites for hydroxylation is 1. The summed E-state index contributed by atoms with van der Waals surface area (Å²) in [6.07, 6.45) is -2.57. The molecule has 0 spiro atoms. The molecule has 1 N–H and O–H groups in total. The number of carbonyl (C=O) groups excluding carboxylic acids is 2. The van der Waals surface area contributed by atoms with Gasteiger partial charge in [0.1, 0.15) is 11.6 Å². The Morgan fingerprint density at radius 3 is 2.33 bits per heavy atom. The highest BCUT2D eigenvalue weighted by atomic mass is 19.4. The lowest BCUT2D eigenvalue weighted by atomic mass is 9.82. The number of alkyl halides is 3. The highest BCUT2D eigenvalue weighted by Crippen LogP contribution is 2.43. The number of amides is 2. The standard InChI is InChI=1S/C28H35F3N4O4/c1-18-23(25(36)33(2)3)8-9-24(32-18)34-12-10-19(11-13-34)14-20-16-35(17-20)26(37)27(38,28(29,30)31)21-6-5-7-22(15-21)39-4/h5-9,15,19-20,38H,10-14,16-17H2,1-4H3. The number of carbonyl (C=O) groups is 2. The van der Waals surface area contributed by atoms with Gasteiger partial charge >= 0.3 is 6.18 Å². The van der Waals surface area contributed by atoms with E-state index < -0.39 is 23.2 Å². The fourth-order valence-corrected chi connectivity index (χ4v) is 5.43. The first-order valence-electron chi connectivity index (χ1n) is 13.0. The molecule has 0 aliphatic carbocycles. The molecule has 2 aliphatic heterocycles. The van der Waals surface area contributed by atoms with Gasteiger partial charge in [0, 0.05) is 45.8 Å². The molecule has 2 aromatic rings. The maximum absolute atomic E-state index is 14.0. The molecule has 0 bridgehead atoms. The SMILES string of the molecule is COc1cccc(C(O)(C(=O)N2CC(CC3CCN(c4ccc(C(=O)N(C)C)c(C)n4)CC3)C2)C(F)(F)F)c1. The van der Waals surface area contributed by atoms with Gasteiger partial charge in [-0.1, -0.05) is 12.1 Å². The van der Waals surface area contributed by atoms with E-state index in [1.807, 2.05) is 13.0 Å². The lowest BCUT2D eigenvalue weighted by Gasteiger charge is -2.45. The highest BCUT2D eigenvalue weighted by Gasteiger charge is 2.63. The molecular weight excluding hydrogens is 513 g/mol. The van der Waals surface area contributed by atoms with Crippen LogP contribution in [0.5, 0.6) is 5.75 Å². The number of nitrogens with zero attached hydrogens (tertiary/aromatic N) is 4. The molecule has 0 radical (unpaired) electrons. The van der Waals surface area contributed by atoms with Crippen LogP contribution in [0.3, 0.4) is 0 Å². The Bertz CT molecular complexity index is 1210. The zero-order valence-corrected chi connectivity index (χ0v) is 22.7. The molecule has 8 nitrogen and oxygen atoms in total. The van der Waals surface area contributed by atoms with Crippen LogP contribution in [0.1, 0.15) is 40.9 Å². The van der Waals surface area contributed by atoms with Crippen molar-refractivity contribution in [3.8, 4) is 5.75 Å². The summed E-state index contributed by atoms with van der Waals surface area (Å²) in [4.78, 5) is 34.6. The second kappa shape index (κ2) is 11.0. The first kappa shape index (κ1) is 28.7. The lowest BCUT2D eigenvalue weighted by molar-refractivity contribution is -0.264. The summed E-state index contributed by atoms with van der Waals surface area (Å²) in [5, 5.41) is 10.7. The van der Waals surface area contributed by atoms with Gasteiger partial charge in [0.05, 0.1) is 18.4 Å². The van der Waals surface area contributed by atoms with Crippen molar-refractivity contribution in [3.05, 3.63) is 53.2 Å². The van der Waals surface area contributed by atoms with E-state index >= 15 is 0 Å². The minimum absolute atomic E-state index is 0.0875. The minimum atomic E-state index is -5.18. The number of rotatable bonds is 7. The van der Waals surface area contributed by atoms with E-state index in [0.717, 1.165) is 55.2 Å². The molecule has 212 valence electrons. The van der Waals surface area contributed by atoms with Gasteiger partial charge in [-0.15, -0.1) is 0 Å². The van der Waals surface area contributed by atoms with Crippen LogP contribution >= 0.6 is 0 Å². The monoisotopic (exact) mass is 548 g/mol. The fraction of sp³-hybridized carbons (Fsp3) is 0.536. The van der Waals surface area contributed by atoms with Crippen molar-refractivity contribution >= 4 is 17.6 Å². The molecule has 1 unspecified atom stereocenters. The number of hydrogen-bond acceptors (Lipinski definition) is 6. The third-order valence-corrected chi connectivity index (χ3v) is 7.76. The van der Waals surface area contributed by atoms with Crippen molar-refractivity contribution in [2.75, 3.05) is 52.3 Å². The molecule has 2 saturated heterocycles. The summed E-state index contributed by atoms with van der Waals surface area (Å²) in [7, 11) is 4.71. The maximum Gasteiger partial charge on any atom is 0.430 e. The van der Waals surface area contributed by atoms with Gasteiger partial charge in [0.2, 0.25) is 0 Å². The Labute approximate surface area is 226 Å². The molecule has 3 heterocycles. The van der Waals surface area contributed by atoms with E-state index in [9.17, 15) is 27.9 Å². The van der Waals surface area contributed by atoms with Crippen molar-refractivity contribution < 1.29 is 32.6 Å². The van der Waals surface area contributed by atoms with Crippen molar-refractivity contribution in [2.45, 2.75) is 38.0 Å². The van der Waals surface area contributed by atoms with Crippen molar-refractivity contribution in [1.82, 2.24) is 14.8 Å². The van der Waals surface area contributed by atoms with E-state index in [-0.39, 0.29) is 30.7 Å². The van der Waals surface area contributed by atoms with Crippen LogP contribution in [-0.4, -0.2) is 85.3 Å². The molecule has 2 aliphatic rings. The van der Waals surface area contributed by atoms with Crippen molar-refractivity contribution in [3.63, 3.8) is 0 Å². The smallest absolute Gasteiger partial charge is 0.430 e. The number of hydrogen-bond donors (Lipinski definition) is 1. The quantitative estimate of drug-likeness (QED) is 0.569. The molecule has 0 saturated carbocycles. The summed E-state index contributed by atoms with van der Waals surface area (Å²) in [6, 6.07) is 8.57. The average Bonchev–Trinajstić information content (AvgIpc) is 2.88. The molecule has 2 amide bonds. The Hall–Kier alpha value is -3.34. The number of halogens is 3. The Balaban J connectivity index is 1.32. The number of aromatic nitrogens is 1. The summed E-state index contributed by atoms with van der Waals surface area (Å²) < 4.78 is 47.0. The number of piperidine rings is 1. The van der Waals surface area contributed by atoms with Gasteiger partial charge in [-0.3, -0.25) is 9.59 Å². The van der Waals surface area contributed by atoms with Crippen LogP contribution in [0.4, 0.5) is 19.0 Å². The van der Waals surface area contributed by atoms with Gasteiger partial charge in [0.15, 0.2) is 0 Å². The average molecular weight is 549 g/mol. The summed E-state index contributed by atoms with van der Waals surface area (Å²) in [5.41, 5.74) is -2.93. The first-order chi connectivity index (χ1) is 18.3. The number of methoxy groups -OCH3 is 1. The summed E-state index contributed by atoms with van der Waals surface area (Å²) in [5.74, 6) is -0.0173. The van der Waals surface area contributed by atoms with Gasteiger partial charge in [0.25, 0.3) is 17.4 Å². The van der Waals surface area contributed by atoms with Crippen LogP contribution in [0.2, 0.25) is 0 Å². The van der Waals surface area contributed by atoms with Crippen LogP contribution < -0.4 is 9.64 Å². The predicted octanol–water partition coefficient (Wildman–Crippen LogP) is 3.62. The van der Waals surface area contributed by atoms with Gasteiger partial charge in [-0.2, -0.15) is 13.2 Å². The summed E-state index contributed by atoms with van der Waals surface area (Å²) in [6.45, 7) is 3.77. The fourth-order valence-electron chi connectivity index (χ4n) is 5.43. The zero-order chi connectivity index (χ0) is 28.5. The summed E-state index contributed by atoms with van der Waals surface area (Å²) >= 11 is 0. The van der Waals surface area contributed by atoms with Gasteiger partial charge in [-0.05, 0) is 62.3 Å². The number of benzene rings is 1. The largest absolute Gasteiger partial charge is 0.497 e. The molecular formula is C28H35F3N4O4. The van der Waals surface area contributed by atoms with E-state index in [4.69, 9.17) is 4.74 Å². The Morgan fingerprint density at radius 2 is 1.77 bits per heavy atom. The number of aliphatic hydroxyl groups is 1. The van der Waals surface area contributed by atoms with Crippen LogP contribution in [-0.2, 0) is 10.4 Å². The first-order valence-corrected chi connectivity index (χ1v) is 13.0. The number of pyridine rings is 1. The number of ether oxygens (including phenoxy) is 1. The third kappa shape index (κ3) is 5.68. The van der Waals surface area contributed by atoms with E-state index in [0.29, 0.717) is 17.2 Å². The van der Waals surface area contributed by atoms with Gasteiger partial charge in [-0.25, -0.2) is 4.98 Å². The number of anilines is 1. The van der Waals surface area contributed by atoms with E-state index in [1.54, 1.807) is 20.2 Å². The molecule has 1 aromatic carbocycles. The topological polar surface area (TPSA) is 86.2 Å². The molecule has 11 heteroatoms. The second-order valence-corrected chi connectivity index (χ2v) is 10.7. The zero-order valence-electron chi connectivity index (χ0n) is 22.7. The molecule has 1 aromatic heterocycles. The van der Waals surface area contributed by atoms with Crippen LogP contribution in [0.25, 0.3) is 0 Å². The molecule has 1 atom stereocenters. The Morgan fingerprint density at radius 1 is 1.10 bits per heavy atom. The van der Waals surface area contributed by atoms with Gasteiger partial charge < -0.3 is 24.5 Å². The van der Waals surface area contributed by atoms with Crippen LogP contribution in [0.15, 0.2) is 36.4 Å². The van der Waals surface area contributed by atoms with Crippen molar-refractivity contribution in [2.24, 2.45) is 11.8 Å². The highest BCUT2D eigenvalue weighted by molar-refractivity contribution is 5.95. The minimum Gasteiger partial charge on any atom is -0.497 e. The number of likely N-dealkylation sites (tertiary alicyclic amines) is 1. The second-order valence-electron chi connectivity index (χ2n) is 10.7. The molecule has 4 rings (SSSR count). The lowest BCUT2D eigenvalue weighted by Crippen LogP contribution is -2.61. The predicted molar refractivity (Wildman–Crippen MR) is 140 cm³/mol. The molecule has 2 fully saturated rings. The van der Waals surface area contributed by atoms with Crippen molar-refractivity contribution in [1.29, 1.82) is 0 Å². The Kier molecular flexibility index (Phi) is 8.11. The molecule has 39 heavy (non-hydrogen) atoms. The van der Waals surface area contributed by atoms with E-state index in [2.05, 4.69) is 9.88 Å². The van der Waals surface area contributed by atoms with E-state index in [1.165, 1.54) is 24.1 Å². The third-order valence-electron chi connectivity index (χ3n) is 7.76. The van der Waals surface area contributed by atoms with Crippen LogP contribution in [0, 0.1) is 18.8 Å². The maximum atomic E-state index is 14.0. The normalized spacial score (nSPS) is 18.4.